The summed E-state index contributed by atoms with van der Waals surface area (Å²) in [4.78, 5) is 18.2. The molecular formula is C12H15BrN2O2. The van der Waals surface area contributed by atoms with Gasteiger partial charge in [0.2, 0.25) is 0 Å². The molecule has 0 aromatic carbocycles. The van der Waals surface area contributed by atoms with Gasteiger partial charge >= 0.3 is 0 Å². The molecule has 1 fully saturated rings. The molecule has 1 saturated heterocycles. The third-order valence-electron chi connectivity index (χ3n) is 2.73. The molecule has 92 valence electrons. The number of aromatic nitrogens is 1. The van der Waals surface area contributed by atoms with Crippen LogP contribution in [0.25, 0.3) is 0 Å². The van der Waals surface area contributed by atoms with Crippen LogP contribution in [0.3, 0.4) is 0 Å². The van der Waals surface area contributed by atoms with Crippen LogP contribution in [0.15, 0.2) is 22.9 Å². The van der Waals surface area contributed by atoms with Gasteiger partial charge < -0.3 is 9.64 Å². The quantitative estimate of drug-likeness (QED) is 0.746. The minimum atomic E-state index is 0.0160. The zero-order chi connectivity index (χ0) is 12.3. The van der Waals surface area contributed by atoms with E-state index in [2.05, 4.69) is 20.9 Å². The zero-order valence-corrected chi connectivity index (χ0v) is 11.3. The van der Waals surface area contributed by atoms with E-state index in [1.807, 2.05) is 11.8 Å². The summed E-state index contributed by atoms with van der Waals surface area (Å²) in [6.07, 6.45) is 2.64. The van der Waals surface area contributed by atoms with Crippen molar-refractivity contribution in [2.75, 3.05) is 19.7 Å². The second-order valence-electron chi connectivity index (χ2n) is 4.13. The summed E-state index contributed by atoms with van der Waals surface area (Å²) in [7, 11) is 0. The molecule has 2 heterocycles. The second-order valence-corrected chi connectivity index (χ2v) is 4.88. The van der Waals surface area contributed by atoms with Gasteiger partial charge in [0.15, 0.2) is 0 Å². The summed E-state index contributed by atoms with van der Waals surface area (Å²) in [6.45, 7) is 4.09. The third kappa shape index (κ3) is 3.04. The van der Waals surface area contributed by atoms with Crippen molar-refractivity contribution in [3.8, 4) is 0 Å². The molecule has 1 aliphatic heterocycles. The van der Waals surface area contributed by atoms with Crippen molar-refractivity contribution in [3.05, 3.63) is 28.5 Å². The summed E-state index contributed by atoms with van der Waals surface area (Å²) in [6, 6.07) is 3.56. The Balaban J connectivity index is 2.16. The summed E-state index contributed by atoms with van der Waals surface area (Å²) in [5, 5.41) is 0. The molecule has 0 spiro atoms. The molecule has 5 heteroatoms. The lowest BCUT2D eigenvalue weighted by Crippen LogP contribution is -2.36. The number of carbonyl (C=O) groups excluding carboxylic acids is 1. The van der Waals surface area contributed by atoms with Gasteiger partial charge in [-0.3, -0.25) is 4.79 Å². The number of pyridine rings is 1. The number of halogens is 1. The van der Waals surface area contributed by atoms with Crippen LogP contribution in [0.4, 0.5) is 0 Å². The lowest BCUT2D eigenvalue weighted by molar-refractivity contribution is 0.0562. The smallest absolute Gasteiger partial charge is 0.256 e. The maximum atomic E-state index is 12.3. The van der Waals surface area contributed by atoms with Gasteiger partial charge in [0.25, 0.3) is 5.91 Å². The van der Waals surface area contributed by atoms with E-state index in [9.17, 15) is 4.79 Å². The predicted octanol–water partition coefficient (Wildman–Crippen LogP) is 2.10. The van der Waals surface area contributed by atoms with Gasteiger partial charge in [0, 0.05) is 25.9 Å². The standard InChI is InChI=1S/C12H15BrN2O2/c1-9-8-15(6-3-7-17-9)12(16)10-4-2-5-14-11(10)13/h2,4-5,9H,3,6-8H2,1H3. The Kier molecular flexibility index (Phi) is 4.12. The molecule has 0 aliphatic carbocycles. The highest BCUT2D eigenvalue weighted by atomic mass is 79.9. The number of amides is 1. The normalized spacial score (nSPS) is 21.1. The Labute approximate surface area is 109 Å². The fourth-order valence-electron chi connectivity index (χ4n) is 1.89. The highest BCUT2D eigenvalue weighted by Gasteiger charge is 2.22. The lowest BCUT2D eigenvalue weighted by atomic mass is 10.2. The van der Waals surface area contributed by atoms with E-state index in [1.54, 1.807) is 18.3 Å². The molecule has 1 amide bonds. The van der Waals surface area contributed by atoms with Crippen LogP contribution in [-0.2, 0) is 4.74 Å². The van der Waals surface area contributed by atoms with E-state index in [0.29, 0.717) is 16.7 Å². The van der Waals surface area contributed by atoms with Crippen molar-refractivity contribution in [1.29, 1.82) is 0 Å². The molecule has 0 bridgehead atoms. The largest absolute Gasteiger partial charge is 0.377 e. The fourth-order valence-corrected chi connectivity index (χ4v) is 2.31. The first-order chi connectivity index (χ1) is 8.18. The molecule has 1 aliphatic rings. The van der Waals surface area contributed by atoms with Gasteiger partial charge in [-0.1, -0.05) is 0 Å². The molecule has 0 radical (unpaired) electrons. The Bertz CT molecular complexity index is 411. The Hall–Kier alpha value is -0.940. The highest BCUT2D eigenvalue weighted by Crippen LogP contribution is 2.17. The predicted molar refractivity (Wildman–Crippen MR) is 67.9 cm³/mol. The average Bonchev–Trinajstić information content (AvgIpc) is 2.54. The van der Waals surface area contributed by atoms with Gasteiger partial charge in [-0.25, -0.2) is 4.98 Å². The van der Waals surface area contributed by atoms with Crippen LogP contribution in [0.5, 0.6) is 0 Å². The summed E-state index contributed by atoms with van der Waals surface area (Å²) in [5.41, 5.74) is 0.613. The highest BCUT2D eigenvalue weighted by molar-refractivity contribution is 9.10. The molecule has 17 heavy (non-hydrogen) atoms. The van der Waals surface area contributed by atoms with Gasteiger partial charge in [0.1, 0.15) is 4.60 Å². The van der Waals surface area contributed by atoms with E-state index < -0.39 is 0 Å². The van der Waals surface area contributed by atoms with Gasteiger partial charge in [-0.05, 0) is 41.4 Å². The van der Waals surface area contributed by atoms with Crippen molar-refractivity contribution in [3.63, 3.8) is 0 Å². The van der Waals surface area contributed by atoms with Gasteiger partial charge in [0.05, 0.1) is 11.7 Å². The number of carbonyl (C=O) groups is 1. The minimum absolute atomic E-state index is 0.0160. The maximum Gasteiger partial charge on any atom is 0.256 e. The summed E-state index contributed by atoms with van der Waals surface area (Å²) in [5.74, 6) is 0.0160. The molecule has 1 aromatic rings. The van der Waals surface area contributed by atoms with Crippen molar-refractivity contribution in [2.45, 2.75) is 19.4 Å². The number of hydrogen-bond acceptors (Lipinski definition) is 3. The molecule has 4 nitrogen and oxygen atoms in total. The van der Waals surface area contributed by atoms with E-state index in [0.717, 1.165) is 19.6 Å². The molecule has 1 atom stereocenters. The molecule has 1 unspecified atom stereocenters. The van der Waals surface area contributed by atoms with Crippen LogP contribution in [-0.4, -0.2) is 41.6 Å². The molecule has 0 saturated carbocycles. The number of nitrogens with zero attached hydrogens (tertiary/aromatic N) is 2. The zero-order valence-electron chi connectivity index (χ0n) is 9.73. The number of hydrogen-bond donors (Lipinski definition) is 0. The van der Waals surface area contributed by atoms with E-state index >= 15 is 0 Å². The maximum absolute atomic E-state index is 12.3. The van der Waals surface area contributed by atoms with E-state index in [1.165, 1.54) is 0 Å². The van der Waals surface area contributed by atoms with Crippen molar-refractivity contribution in [1.82, 2.24) is 9.88 Å². The third-order valence-corrected chi connectivity index (χ3v) is 3.36. The minimum Gasteiger partial charge on any atom is -0.377 e. The van der Waals surface area contributed by atoms with Crippen LogP contribution in [0, 0.1) is 0 Å². The van der Waals surface area contributed by atoms with E-state index in [-0.39, 0.29) is 12.0 Å². The monoisotopic (exact) mass is 298 g/mol. The van der Waals surface area contributed by atoms with Crippen molar-refractivity contribution in [2.24, 2.45) is 0 Å². The Morgan fingerprint density at radius 1 is 1.65 bits per heavy atom. The molecule has 0 N–H and O–H groups in total. The molecule has 1 aromatic heterocycles. The molecule has 2 rings (SSSR count). The summed E-state index contributed by atoms with van der Waals surface area (Å²) < 4.78 is 6.13. The first-order valence-corrected chi connectivity index (χ1v) is 6.49. The fraction of sp³-hybridized carbons (Fsp3) is 0.500. The number of rotatable bonds is 1. The van der Waals surface area contributed by atoms with Crippen LogP contribution < -0.4 is 0 Å². The Morgan fingerprint density at radius 2 is 2.47 bits per heavy atom. The van der Waals surface area contributed by atoms with Gasteiger partial charge in [-0.2, -0.15) is 0 Å². The van der Waals surface area contributed by atoms with Crippen LogP contribution in [0.2, 0.25) is 0 Å². The van der Waals surface area contributed by atoms with Crippen molar-refractivity contribution >= 4 is 21.8 Å². The lowest BCUT2D eigenvalue weighted by Gasteiger charge is -2.22. The first kappa shape index (κ1) is 12.5. The average molecular weight is 299 g/mol. The molecular weight excluding hydrogens is 284 g/mol. The van der Waals surface area contributed by atoms with Crippen LogP contribution >= 0.6 is 15.9 Å². The summed E-state index contributed by atoms with van der Waals surface area (Å²) >= 11 is 3.31. The second kappa shape index (κ2) is 5.60. The number of ether oxygens (including phenoxy) is 1. The van der Waals surface area contributed by atoms with Crippen molar-refractivity contribution < 1.29 is 9.53 Å². The topological polar surface area (TPSA) is 42.4 Å². The van der Waals surface area contributed by atoms with Crippen LogP contribution in [0.1, 0.15) is 23.7 Å². The SMILES string of the molecule is CC1CN(C(=O)c2cccnc2Br)CCCO1. The van der Waals surface area contributed by atoms with Gasteiger partial charge in [-0.15, -0.1) is 0 Å². The van der Waals surface area contributed by atoms with E-state index in [4.69, 9.17) is 4.74 Å². The first-order valence-electron chi connectivity index (χ1n) is 5.70. The Morgan fingerprint density at radius 3 is 3.24 bits per heavy atom.